The average Bonchev–Trinajstić information content (AvgIpc) is 2.04. The van der Waals surface area contributed by atoms with Gasteiger partial charge in [0.05, 0.1) is 0 Å². The minimum Gasteiger partial charge on any atom is -0.294 e. The summed E-state index contributed by atoms with van der Waals surface area (Å²) in [6.45, 7) is 3.48. The Balaban J connectivity index is 3.01. The van der Waals surface area contributed by atoms with Crippen LogP contribution in [0.25, 0.3) is 0 Å². The van der Waals surface area contributed by atoms with Crippen LogP contribution in [0.3, 0.4) is 0 Å². The van der Waals surface area contributed by atoms with Crippen LogP contribution in [0.1, 0.15) is 16.8 Å². The van der Waals surface area contributed by atoms with E-state index in [-0.39, 0.29) is 11.6 Å². The average molecular weight is 290 g/mol. The molecule has 0 spiro atoms. The third-order valence-electron chi connectivity index (χ3n) is 1.56. The van der Waals surface area contributed by atoms with Gasteiger partial charge in [0.15, 0.2) is 5.78 Å². The van der Waals surface area contributed by atoms with Gasteiger partial charge in [-0.25, -0.2) is 4.39 Å². The molecule has 0 saturated heterocycles. The van der Waals surface area contributed by atoms with Crippen LogP contribution in [0.5, 0.6) is 0 Å². The van der Waals surface area contributed by atoms with Gasteiger partial charge >= 0.3 is 0 Å². The number of Topliss-reactive ketones (excluding diaryl/α,β-unsaturated/α-hetero) is 1. The number of carbonyl (C=O) groups is 1. The van der Waals surface area contributed by atoms with Gasteiger partial charge in [-0.1, -0.05) is 6.08 Å². The van der Waals surface area contributed by atoms with Gasteiger partial charge in [-0.3, -0.25) is 4.79 Å². The monoisotopic (exact) mass is 290 g/mol. The maximum absolute atomic E-state index is 12.7. The van der Waals surface area contributed by atoms with Crippen LogP contribution in [-0.2, 0) is 0 Å². The zero-order valence-electron chi connectivity index (χ0n) is 6.89. The van der Waals surface area contributed by atoms with Crippen molar-refractivity contribution in [3.8, 4) is 0 Å². The first-order valence-electron chi connectivity index (χ1n) is 3.74. The van der Waals surface area contributed by atoms with Crippen molar-refractivity contribution < 1.29 is 9.18 Å². The van der Waals surface area contributed by atoms with Crippen molar-refractivity contribution in [2.24, 2.45) is 0 Å². The lowest BCUT2D eigenvalue weighted by molar-refractivity contribution is 0.0995. The Hall–Kier alpha value is -0.710. The third kappa shape index (κ3) is 2.62. The molecule has 0 aliphatic heterocycles. The molecule has 0 aliphatic rings. The molecule has 0 heterocycles. The Bertz CT molecular complexity index is 347. The Morgan fingerprint density at radius 1 is 1.62 bits per heavy atom. The highest BCUT2D eigenvalue weighted by Gasteiger charge is 2.08. The van der Waals surface area contributed by atoms with Gasteiger partial charge in [0, 0.05) is 15.6 Å². The fraction of sp³-hybridized carbons (Fsp3) is 0.100. The van der Waals surface area contributed by atoms with Crippen LogP contribution in [0.2, 0.25) is 0 Å². The summed E-state index contributed by atoms with van der Waals surface area (Å²) in [5.74, 6) is -0.348. The summed E-state index contributed by atoms with van der Waals surface area (Å²) in [4.78, 5) is 11.4. The molecule has 0 amide bonds. The quantitative estimate of drug-likeness (QED) is 0.474. The van der Waals surface area contributed by atoms with E-state index in [1.807, 2.05) is 22.6 Å². The number of halogens is 2. The molecule has 0 unspecified atom stereocenters. The summed E-state index contributed by atoms with van der Waals surface area (Å²) >= 11 is 1.95. The van der Waals surface area contributed by atoms with Crippen LogP contribution < -0.4 is 0 Å². The maximum Gasteiger partial charge on any atom is 0.167 e. The molecule has 0 aromatic heterocycles. The van der Waals surface area contributed by atoms with E-state index >= 15 is 0 Å². The van der Waals surface area contributed by atoms with Gasteiger partial charge in [0.25, 0.3) is 0 Å². The largest absolute Gasteiger partial charge is 0.294 e. The van der Waals surface area contributed by atoms with Crippen LogP contribution in [0, 0.1) is 9.39 Å². The molecule has 1 nitrogen and oxygen atoms in total. The van der Waals surface area contributed by atoms with Crippen LogP contribution in [-0.4, -0.2) is 5.78 Å². The molecule has 1 aromatic rings. The van der Waals surface area contributed by atoms with E-state index in [2.05, 4.69) is 6.58 Å². The lowest BCUT2D eigenvalue weighted by atomic mass is 10.1. The zero-order valence-corrected chi connectivity index (χ0v) is 9.05. The van der Waals surface area contributed by atoms with Crippen molar-refractivity contribution in [1.82, 2.24) is 0 Å². The van der Waals surface area contributed by atoms with E-state index in [4.69, 9.17) is 0 Å². The first-order chi connectivity index (χ1) is 6.15. The van der Waals surface area contributed by atoms with E-state index in [1.54, 1.807) is 6.08 Å². The first-order valence-corrected chi connectivity index (χ1v) is 4.82. The molecule has 1 rings (SSSR count). The number of ketones is 1. The maximum atomic E-state index is 12.7. The van der Waals surface area contributed by atoms with Crippen molar-refractivity contribution in [3.05, 3.63) is 45.8 Å². The van der Waals surface area contributed by atoms with Crippen molar-refractivity contribution in [2.75, 3.05) is 0 Å². The van der Waals surface area contributed by atoms with E-state index in [9.17, 15) is 9.18 Å². The molecule has 68 valence electrons. The first kappa shape index (κ1) is 10.4. The molecule has 0 atom stereocenters. The van der Waals surface area contributed by atoms with E-state index < -0.39 is 0 Å². The lowest BCUT2D eigenvalue weighted by Crippen LogP contribution is -2.00. The molecule has 0 radical (unpaired) electrons. The molecule has 3 heteroatoms. The summed E-state index contributed by atoms with van der Waals surface area (Å²) < 4.78 is 13.3. The van der Waals surface area contributed by atoms with Gasteiger partial charge in [0.1, 0.15) is 5.82 Å². The van der Waals surface area contributed by atoms with Gasteiger partial charge in [-0.2, -0.15) is 0 Å². The van der Waals surface area contributed by atoms with Gasteiger partial charge in [-0.15, -0.1) is 6.58 Å². The second-order valence-electron chi connectivity index (χ2n) is 2.54. The van der Waals surface area contributed by atoms with E-state index in [0.717, 1.165) is 0 Å². The highest BCUT2D eigenvalue weighted by atomic mass is 127. The Kier molecular flexibility index (Phi) is 3.59. The highest BCUT2D eigenvalue weighted by Crippen LogP contribution is 2.15. The Morgan fingerprint density at radius 3 is 2.85 bits per heavy atom. The van der Waals surface area contributed by atoms with Crippen molar-refractivity contribution >= 4 is 28.4 Å². The normalized spacial score (nSPS) is 9.69. The molecule has 0 N–H and O–H groups in total. The van der Waals surface area contributed by atoms with E-state index in [1.165, 1.54) is 18.2 Å². The Morgan fingerprint density at radius 2 is 2.31 bits per heavy atom. The predicted molar refractivity (Wildman–Crippen MR) is 58.3 cm³/mol. The van der Waals surface area contributed by atoms with Gasteiger partial charge in [0.2, 0.25) is 0 Å². The Labute approximate surface area is 89.8 Å². The highest BCUT2D eigenvalue weighted by molar-refractivity contribution is 14.1. The zero-order chi connectivity index (χ0) is 9.84. The fourth-order valence-corrected chi connectivity index (χ4v) is 1.73. The van der Waals surface area contributed by atoms with Crippen molar-refractivity contribution in [2.45, 2.75) is 6.42 Å². The molecular weight excluding hydrogens is 282 g/mol. The summed E-state index contributed by atoms with van der Waals surface area (Å²) in [5.41, 5.74) is 0.557. The minimum absolute atomic E-state index is 0.0283. The summed E-state index contributed by atoms with van der Waals surface area (Å²) in [6, 6.07) is 4.14. The predicted octanol–water partition coefficient (Wildman–Crippen LogP) is 3.19. The van der Waals surface area contributed by atoms with Gasteiger partial charge in [-0.05, 0) is 40.8 Å². The smallest absolute Gasteiger partial charge is 0.167 e. The van der Waals surface area contributed by atoms with Crippen LogP contribution >= 0.6 is 22.6 Å². The lowest BCUT2D eigenvalue weighted by Gasteiger charge is -2.00. The fourth-order valence-electron chi connectivity index (χ4n) is 0.957. The van der Waals surface area contributed by atoms with Crippen LogP contribution in [0.15, 0.2) is 30.9 Å². The molecule has 0 fully saturated rings. The number of benzene rings is 1. The van der Waals surface area contributed by atoms with Crippen molar-refractivity contribution in [3.63, 3.8) is 0 Å². The second-order valence-corrected chi connectivity index (χ2v) is 3.70. The molecule has 13 heavy (non-hydrogen) atoms. The SMILES string of the molecule is C=CCC(=O)c1ccc(F)cc1I. The topological polar surface area (TPSA) is 17.1 Å². The second kappa shape index (κ2) is 4.50. The number of allylic oxidation sites excluding steroid dienone is 1. The number of carbonyl (C=O) groups excluding carboxylic acids is 1. The van der Waals surface area contributed by atoms with Crippen LogP contribution in [0.4, 0.5) is 4.39 Å². The molecule has 0 saturated carbocycles. The minimum atomic E-state index is -0.320. The van der Waals surface area contributed by atoms with Crippen molar-refractivity contribution in [1.29, 1.82) is 0 Å². The summed E-state index contributed by atoms with van der Waals surface area (Å²) in [6.07, 6.45) is 1.84. The summed E-state index contributed by atoms with van der Waals surface area (Å²) in [5, 5.41) is 0. The number of hydrogen-bond donors (Lipinski definition) is 0. The molecule has 1 aromatic carbocycles. The van der Waals surface area contributed by atoms with Gasteiger partial charge < -0.3 is 0 Å². The molecule has 0 bridgehead atoms. The third-order valence-corrected chi connectivity index (χ3v) is 2.45. The molecular formula is C10H8FIO. The summed E-state index contributed by atoms with van der Waals surface area (Å²) in [7, 11) is 0. The molecule has 0 aliphatic carbocycles. The van der Waals surface area contributed by atoms with E-state index in [0.29, 0.717) is 15.6 Å². The number of rotatable bonds is 3. The standard InChI is InChI=1S/C10H8FIO/c1-2-3-10(13)8-5-4-7(11)6-9(8)12/h2,4-6H,1,3H2. The number of hydrogen-bond acceptors (Lipinski definition) is 1.